The van der Waals surface area contributed by atoms with Gasteiger partial charge in [0.25, 0.3) is 0 Å². The molecule has 0 unspecified atom stereocenters. The van der Waals surface area contributed by atoms with Crippen LogP contribution in [-0.4, -0.2) is 22.8 Å². The van der Waals surface area contributed by atoms with E-state index in [1.54, 1.807) is 0 Å². The fraction of sp³-hybridized carbons (Fsp3) is 0.467. The van der Waals surface area contributed by atoms with Gasteiger partial charge in [-0.15, -0.1) is 11.3 Å². The molecule has 0 atom stereocenters. The maximum absolute atomic E-state index is 3.59. The van der Waals surface area contributed by atoms with Crippen LogP contribution in [0.3, 0.4) is 0 Å². The highest BCUT2D eigenvalue weighted by Gasteiger charge is 2.24. The minimum absolute atomic E-state index is 0.821. The average molecular weight is 324 g/mol. The summed E-state index contributed by atoms with van der Waals surface area (Å²) in [6.07, 6.45) is 4.18. The maximum atomic E-state index is 3.59. The Morgan fingerprint density at radius 2 is 2.11 bits per heavy atom. The summed E-state index contributed by atoms with van der Waals surface area (Å²) in [5.74, 6) is 0. The first-order valence-electron chi connectivity index (χ1n) is 6.63. The summed E-state index contributed by atoms with van der Waals surface area (Å²) in [4.78, 5) is 2.65. The van der Waals surface area contributed by atoms with Crippen LogP contribution in [-0.2, 0) is 6.54 Å². The van der Waals surface area contributed by atoms with Gasteiger partial charge in [-0.1, -0.05) is 40.5 Å². The normalized spacial score (nSPS) is 16.3. The van der Waals surface area contributed by atoms with Crippen LogP contribution in [0.1, 0.15) is 24.8 Å². The van der Waals surface area contributed by atoms with Crippen molar-refractivity contribution in [3.8, 4) is 0 Å². The Morgan fingerprint density at radius 3 is 2.83 bits per heavy atom. The van der Waals surface area contributed by atoms with Crippen LogP contribution >= 0.6 is 27.3 Å². The van der Waals surface area contributed by atoms with Crippen LogP contribution in [0, 0.1) is 0 Å². The predicted molar refractivity (Wildman–Crippen MR) is 83.7 cm³/mol. The van der Waals surface area contributed by atoms with Crippen LogP contribution in [0.25, 0.3) is 10.1 Å². The van der Waals surface area contributed by atoms with Crippen LogP contribution in [0.5, 0.6) is 0 Å². The third-order valence-corrected chi connectivity index (χ3v) is 5.26. The van der Waals surface area contributed by atoms with E-state index in [4.69, 9.17) is 0 Å². The second-order valence-electron chi connectivity index (χ2n) is 5.00. The first-order chi connectivity index (χ1) is 8.88. The van der Waals surface area contributed by atoms with Gasteiger partial charge in [-0.2, -0.15) is 0 Å². The van der Waals surface area contributed by atoms with Gasteiger partial charge in [0, 0.05) is 29.2 Å². The first kappa shape index (κ1) is 12.6. The van der Waals surface area contributed by atoms with E-state index in [1.165, 1.54) is 34.9 Å². The van der Waals surface area contributed by atoms with Crippen molar-refractivity contribution in [2.45, 2.75) is 31.8 Å². The molecule has 0 radical (unpaired) electrons. The highest BCUT2D eigenvalue weighted by Crippen LogP contribution is 2.30. The van der Waals surface area contributed by atoms with Crippen molar-refractivity contribution >= 4 is 37.4 Å². The van der Waals surface area contributed by atoms with Crippen molar-refractivity contribution in [1.29, 1.82) is 0 Å². The largest absolute Gasteiger partial charge is 0.295 e. The number of thiophene rings is 1. The second-order valence-corrected chi connectivity index (χ2v) is 6.71. The van der Waals surface area contributed by atoms with E-state index >= 15 is 0 Å². The Hall–Kier alpha value is -0.380. The molecule has 1 aliphatic rings. The maximum Gasteiger partial charge on any atom is 0.0346 e. The molecule has 3 rings (SSSR count). The Balaban J connectivity index is 1.80. The van der Waals surface area contributed by atoms with E-state index < -0.39 is 0 Å². The van der Waals surface area contributed by atoms with E-state index in [0.717, 1.165) is 24.5 Å². The Kier molecular flexibility index (Phi) is 4.02. The van der Waals surface area contributed by atoms with Crippen LogP contribution < -0.4 is 0 Å². The van der Waals surface area contributed by atoms with Crippen LogP contribution in [0.4, 0.5) is 0 Å². The van der Waals surface area contributed by atoms with Crippen molar-refractivity contribution in [3.05, 3.63) is 35.2 Å². The molecule has 2 aromatic rings. The van der Waals surface area contributed by atoms with Crippen molar-refractivity contribution in [1.82, 2.24) is 4.90 Å². The molecule has 1 aromatic heterocycles. The molecule has 1 saturated carbocycles. The number of hydrogen-bond acceptors (Lipinski definition) is 2. The van der Waals surface area contributed by atoms with Gasteiger partial charge in [0.05, 0.1) is 0 Å². The molecule has 0 aliphatic heterocycles. The summed E-state index contributed by atoms with van der Waals surface area (Å²) in [6, 6.07) is 9.58. The summed E-state index contributed by atoms with van der Waals surface area (Å²) >= 11 is 5.46. The number of alkyl halides is 1. The SMILES string of the molecule is BrCCN(Cc1csc2ccccc12)C1CCC1. The molecule has 1 fully saturated rings. The third kappa shape index (κ3) is 2.49. The van der Waals surface area contributed by atoms with Gasteiger partial charge in [0.2, 0.25) is 0 Å². The first-order valence-corrected chi connectivity index (χ1v) is 8.63. The van der Waals surface area contributed by atoms with E-state index in [0.29, 0.717) is 0 Å². The molecule has 1 aliphatic carbocycles. The average Bonchev–Trinajstić information content (AvgIpc) is 2.71. The molecule has 0 bridgehead atoms. The molecule has 0 amide bonds. The van der Waals surface area contributed by atoms with Crippen LogP contribution in [0.15, 0.2) is 29.6 Å². The molecule has 0 saturated heterocycles. The zero-order chi connectivity index (χ0) is 12.4. The van der Waals surface area contributed by atoms with Gasteiger partial charge >= 0.3 is 0 Å². The molecule has 3 heteroatoms. The minimum Gasteiger partial charge on any atom is -0.295 e. The lowest BCUT2D eigenvalue weighted by molar-refractivity contribution is 0.129. The second kappa shape index (κ2) is 5.72. The Morgan fingerprint density at radius 1 is 1.28 bits per heavy atom. The number of halogens is 1. The summed E-state index contributed by atoms with van der Waals surface area (Å²) in [7, 11) is 0. The summed E-state index contributed by atoms with van der Waals surface area (Å²) in [5, 5.41) is 4.86. The van der Waals surface area contributed by atoms with E-state index in [-0.39, 0.29) is 0 Å². The smallest absolute Gasteiger partial charge is 0.0346 e. The van der Waals surface area contributed by atoms with Gasteiger partial charge in [-0.3, -0.25) is 4.90 Å². The van der Waals surface area contributed by atoms with Crippen molar-refractivity contribution in [2.24, 2.45) is 0 Å². The highest BCUT2D eigenvalue weighted by molar-refractivity contribution is 9.09. The van der Waals surface area contributed by atoms with Gasteiger partial charge < -0.3 is 0 Å². The van der Waals surface area contributed by atoms with Crippen molar-refractivity contribution in [3.63, 3.8) is 0 Å². The molecular weight excluding hydrogens is 306 g/mol. The zero-order valence-electron chi connectivity index (χ0n) is 10.4. The fourth-order valence-corrected chi connectivity index (χ4v) is 4.03. The lowest BCUT2D eigenvalue weighted by Gasteiger charge is -2.37. The topological polar surface area (TPSA) is 3.24 Å². The molecule has 1 heterocycles. The predicted octanol–water partition coefficient (Wildman–Crippen LogP) is 4.65. The monoisotopic (exact) mass is 323 g/mol. The number of fused-ring (bicyclic) bond motifs is 1. The molecule has 0 N–H and O–H groups in total. The minimum atomic E-state index is 0.821. The van der Waals surface area contributed by atoms with Crippen LogP contribution in [0.2, 0.25) is 0 Å². The third-order valence-electron chi connectivity index (χ3n) is 3.90. The summed E-state index contributed by atoms with van der Waals surface area (Å²) in [6.45, 7) is 2.27. The lowest BCUT2D eigenvalue weighted by Crippen LogP contribution is -2.40. The number of rotatable bonds is 5. The van der Waals surface area contributed by atoms with E-state index in [2.05, 4.69) is 50.5 Å². The number of nitrogens with zero attached hydrogens (tertiary/aromatic N) is 1. The highest BCUT2D eigenvalue weighted by atomic mass is 79.9. The lowest BCUT2D eigenvalue weighted by atomic mass is 9.91. The number of benzene rings is 1. The molecule has 96 valence electrons. The zero-order valence-corrected chi connectivity index (χ0v) is 12.8. The quantitative estimate of drug-likeness (QED) is 0.724. The molecule has 1 aromatic carbocycles. The summed E-state index contributed by atoms with van der Waals surface area (Å²) in [5.41, 5.74) is 1.50. The van der Waals surface area contributed by atoms with E-state index in [1.807, 2.05) is 11.3 Å². The molecular formula is C15H18BrNS. The Bertz CT molecular complexity index is 518. The number of hydrogen-bond donors (Lipinski definition) is 0. The molecule has 18 heavy (non-hydrogen) atoms. The fourth-order valence-electron chi connectivity index (χ4n) is 2.63. The molecule has 0 spiro atoms. The van der Waals surface area contributed by atoms with Gasteiger partial charge in [-0.05, 0) is 35.2 Å². The summed E-state index contributed by atoms with van der Waals surface area (Å²) < 4.78 is 1.42. The van der Waals surface area contributed by atoms with Crippen molar-refractivity contribution < 1.29 is 0 Å². The van der Waals surface area contributed by atoms with Gasteiger partial charge in [0.1, 0.15) is 0 Å². The standard InChI is InChI=1S/C15H18BrNS/c16-8-9-17(13-4-3-5-13)10-12-11-18-15-7-2-1-6-14(12)15/h1-2,6-7,11,13H,3-5,8-10H2. The Labute approximate surface area is 121 Å². The van der Waals surface area contributed by atoms with Crippen molar-refractivity contribution in [2.75, 3.05) is 11.9 Å². The van der Waals surface area contributed by atoms with Gasteiger partial charge in [0.15, 0.2) is 0 Å². The van der Waals surface area contributed by atoms with E-state index in [9.17, 15) is 0 Å². The molecule has 1 nitrogen and oxygen atoms in total. The van der Waals surface area contributed by atoms with Gasteiger partial charge in [-0.25, -0.2) is 0 Å².